The number of nitrogens with one attached hydrogen (secondary N) is 1. The van der Waals surface area contributed by atoms with Crippen LogP contribution < -0.4 is 5.32 Å². The Morgan fingerprint density at radius 3 is 2.59 bits per heavy atom. The Morgan fingerprint density at radius 2 is 2.04 bits per heavy atom. The van der Waals surface area contributed by atoms with E-state index in [1.54, 1.807) is 0 Å². The van der Waals surface area contributed by atoms with Crippen LogP contribution in [0.15, 0.2) is 21.3 Å². The van der Waals surface area contributed by atoms with Crippen LogP contribution in [0.1, 0.15) is 13.3 Å². The summed E-state index contributed by atoms with van der Waals surface area (Å²) in [4.78, 5) is 55.5. The number of hydrogen-bond donors (Lipinski definition) is 3. The molecule has 0 aromatic heterocycles. The lowest BCUT2D eigenvalue weighted by molar-refractivity contribution is -0.151. The minimum atomic E-state index is -1.48. The topological polar surface area (TPSA) is 158 Å². The number of carbonyl (C=O) groups excluding carboxylic acids is 2. The molecule has 0 aromatic carbocycles. The van der Waals surface area contributed by atoms with E-state index >= 15 is 0 Å². The summed E-state index contributed by atoms with van der Waals surface area (Å²) in [6.07, 6.45) is 2.22. The van der Waals surface area contributed by atoms with Crippen LogP contribution in [-0.2, 0) is 23.9 Å². The number of fused-ring (bicyclic) bond motifs is 1. The number of thioether (sulfide) groups is 1. The molecule has 1 fully saturated rings. The number of amides is 1. The quantitative estimate of drug-likeness (QED) is 0.364. The summed E-state index contributed by atoms with van der Waals surface area (Å²) in [5.41, 5.74) is 0.108. The van der Waals surface area contributed by atoms with Gasteiger partial charge in [-0.05, 0) is 0 Å². The molecule has 0 spiro atoms. The van der Waals surface area contributed by atoms with Crippen molar-refractivity contribution in [3.63, 3.8) is 0 Å². The van der Waals surface area contributed by atoms with Crippen molar-refractivity contribution in [2.45, 2.75) is 30.5 Å². The van der Waals surface area contributed by atoms with Gasteiger partial charge in [0, 0.05) is 30.7 Å². The largest absolute Gasteiger partial charge is 0.481 e. The van der Waals surface area contributed by atoms with Gasteiger partial charge >= 0.3 is 17.9 Å². The highest BCUT2D eigenvalue weighted by Gasteiger charge is 2.56. The SMILES string of the molecule is CC(=O)OCC1=C(C(=O)O)N2C(=O)C(NC3(CC(=O)O)N=CC=N3)[C@@H]2SC1. The molecular weight excluding hydrogens is 380 g/mol. The Labute approximate surface area is 157 Å². The van der Waals surface area contributed by atoms with Crippen molar-refractivity contribution >= 4 is 48.0 Å². The van der Waals surface area contributed by atoms with Crippen LogP contribution in [0.5, 0.6) is 0 Å². The number of esters is 1. The van der Waals surface area contributed by atoms with Crippen LogP contribution in [-0.4, -0.2) is 80.9 Å². The van der Waals surface area contributed by atoms with Crippen molar-refractivity contribution in [1.29, 1.82) is 0 Å². The number of ether oxygens (including phenoxy) is 1. The zero-order chi connectivity index (χ0) is 19.8. The van der Waals surface area contributed by atoms with Crippen LogP contribution in [0.3, 0.4) is 0 Å². The third-order valence-corrected chi connectivity index (χ3v) is 5.47. The first-order valence-corrected chi connectivity index (χ1v) is 8.91. The van der Waals surface area contributed by atoms with E-state index in [0.29, 0.717) is 5.57 Å². The predicted octanol–water partition coefficient (Wildman–Crippen LogP) is -0.955. The second kappa shape index (κ2) is 7.12. The first kappa shape index (κ1) is 19.0. The van der Waals surface area contributed by atoms with Crippen molar-refractivity contribution in [1.82, 2.24) is 10.2 Å². The van der Waals surface area contributed by atoms with Gasteiger partial charge in [0.15, 0.2) is 0 Å². The molecule has 3 N–H and O–H groups in total. The lowest BCUT2D eigenvalue weighted by atomic mass is 10.0. The van der Waals surface area contributed by atoms with Crippen LogP contribution in [0.25, 0.3) is 0 Å². The maximum absolute atomic E-state index is 12.6. The summed E-state index contributed by atoms with van der Waals surface area (Å²) in [6, 6.07) is -0.841. The fourth-order valence-corrected chi connectivity index (χ4v) is 4.33. The molecule has 1 saturated heterocycles. The van der Waals surface area contributed by atoms with E-state index in [9.17, 15) is 24.3 Å². The number of aliphatic imine (C=N–C) groups is 2. The number of carboxylic acid groups (broad SMARTS) is 2. The molecule has 1 unspecified atom stereocenters. The zero-order valence-corrected chi connectivity index (χ0v) is 14.9. The standard InChI is InChI=1S/C15H16N4O7S/c1-7(20)26-5-8-6-27-13-10(12(23)19(13)11(8)14(24)25)18-15(4-9(21)22)16-2-3-17-15/h2-3,10,13,18H,4-6H2,1H3,(H,21,22)(H,24,25)/t10?,13-/m0/s1. The van der Waals surface area contributed by atoms with Gasteiger partial charge in [0.25, 0.3) is 0 Å². The molecular formula is C15H16N4O7S. The molecule has 3 aliphatic rings. The predicted molar refractivity (Wildman–Crippen MR) is 93.3 cm³/mol. The van der Waals surface area contributed by atoms with Crippen molar-refractivity contribution in [3.8, 4) is 0 Å². The van der Waals surface area contributed by atoms with Crippen molar-refractivity contribution < 1.29 is 34.1 Å². The summed E-state index contributed by atoms with van der Waals surface area (Å²) in [5.74, 6) is -4.77. The summed E-state index contributed by atoms with van der Waals surface area (Å²) in [6.45, 7) is 0.995. The maximum atomic E-state index is 12.6. The lowest BCUT2D eigenvalue weighted by Gasteiger charge is -2.51. The highest BCUT2D eigenvalue weighted by molar-refractivity contribution is 8.00. The maximum Gasteiger partial charge on any atom is 0.352 e. The lowest BCUT2D eigenvalue weighted by Crippen LogP contribution is -2.72. The monoisotopic (exact) mass is 396 g/mol. The average Bonchev–Trinajstić information content (AvgIpc) is 3.04. The van der Waals surface area contributed by atoms with Crippen molar-refractivity contribution in [2.75, 3.05) is 12.4 Å². The molecule has 144 valence electrons. The summed E-state index contributed by atoms with van der Waals surface area (Å²) >= 11 is 1.29. The number of carboxylic acids is 2. The number of carbonyl (C=O) groups is 4. The van der Waals surface area contributed by atoms with E-state index in [1.165, 1.54) is 31.1 Å². The molecule has 12 heteroatoms. The second-order valence-corrected chi connectivity index (χ2v) is 7.12. The highest BCUT2D eigenvalue weighted by Crippen LogP contribution is 2.41. The summed E-state index contributed by atoms with van der Waals surface area (Å²) in [7, 11) is 0. The van der Waals surface area contributed by atoms with Gasteiger partial charge in [-0.3, -0.25) is 24.6 Å². The Morgan fingerprint density at radius 1 is 1.37 bits per heavy atom. The van der Waals surface area contributed by atoms with E-state index in [-0.39, 0.29) is 18.1 Å². The molecule has 11 nitrogen and oxygen atoms in total. The summed E-state index contributed by atoms with van der Waals surface area (Å²) in [5, 5.41) is 20.9. The van der Waals surface area contributed by atoms with Crippen LogP contribution >= 0.6 is 11.8 Å². The van der Waals surface area contributed by atoms with Crippen LogP contribution in [0, 0.1) is 0 Å². The second-order valence-electron chi connectivity index (χ2n) is 6.01. The third kappa shape index (κ3) is 3.57. The number of β-lactam (4-membered cyclic amide) rings is 1. The van der Waals surface area contributed by atoms with Crippen LogP contribution in [0.4, 0.5) is 0 Å². The van der Waals surface area contributed by atoms with Gasteiger partial charge in [0.2, 0.25) is 11.7 Å². The molecule has 0 aromatic rings. The van der Waals surface area contributed by atoms with E-state index in [1.807, 2.05) is 0 Å². The fraction of sp³-hybridized carbons (Fsp3) is 0.467. The molecule has 0 saturated carbocycles. The Hall–Kier alpha value is -2.73. The van der Waals surface area contributed by atoms with Crippen molar-refractivity contribution in [2.24, 2.45) is 9.98 Å². The number of hydrogen-bond acceptors (Lipinski definition) is 9. The molecule has 3 heterocycles. The molecule has 0 aliphatic carbocycles. The molecule has 1 amide bonds. The van der Waals surface area contributed by atoms with Gasteiger partial charge in [-0.2, -0.15) is 0 Å². The minimum Gasteiger partial charge on any atom is -0.481 e. The normalized spacial score (nSPS) is 25.2. The van der Waals surface area contributed by atoms with E-state index < -0.39 is 47.4 Å². The highest BCUT2D eigenvalue weighted by atomic mass is 32.2. The van der Waals surface area contributed by atoms with E-state index in [4.69, 9.17) is 9.84 Å². The minimum absolute atomic E-state index is 0.212. The van der Waals surface area contributed by atoms with Gasteiger partial charge in [0.05, 0.1) is 0 Å². The third-order valence-electron chi connectivity index (χ3n) is 4.13. The smallest absolute Gasteiger partial charge is 0.352 e. The number of rotatable bonds is 7. The van der Waals surface area contributed by atoms with Crippen LogP contribution in [0.2, 0.25) is 0 Å². The Kier molecular flexibility index (Phi) is 5.02. The van der Waals surface area contributed by atoms with Gasteiger partial charge in [-0.15, -0.1) is 11.8 Å². The van der Waals surface area contributed by atoms with Gasteiger partial charge in [-0.1, -0.05) is 0 Å². The zero-order valence-electron chi connectivity index (χ0n) is 14.1. The fourth-order valence-electron chi connectivity index (χ4n) is 3.01. The van der Waals surface area contributed by atoms with Gasteiger partial charge < -0.3 is 14.9 Å². The summed E-state index contributed by atoms with van der Waals surface area (Å²) < 4.78 is 4.87. The molecule has 2 atom stereocenters. The van der Waals surface area contributed by atoms with Crippen molar-refractivity contribution in [3.05, 3.63) is 11.3 Å². The molecule has 3 rings (SSSR count). The average molecular weight is 396 g/mol. The van der Waals surface area contributed by atoms with Gasteiger partial charge in [0.1, 0.15) is 30.1 Å². The van der Waals surface area contributed by atoms with E-state index in [0.717, 1.165) is 4.90 Å². The Bertz CT molecular complexity index is 794. The molecule has 3 aliphatic heterocycles. The first-order chi connectivity index (χ1) is 12.7. The first-order valence-electron chi connectivity index (χ1n) is 7.86. The molecule has 0 bridgehead atoms. The Balaban J connectivity index is 1.80. The van der Waals surface area contributed by atoms with E-state index in [2.05, 4.69) is 15.3 Å². The number of aliphatic carboxylic acids is 2. The molecule has 27 heavy (non-hydrogen) atoms. The molecule has 0 radical (unpaired) electrons. The van der Waals surface area contributed by atoms with Gasteiger partial charge in [-0.25, -0.2) is 14.8 Å². The number of nitrogens with zero attached hydrogens (tertiary/aromatic N) is 3.